The van der Waals surface area contributed by atoms with Crippen molar-refractivity contribution in [1.29, 1.82) is 0 Å². The minimum Gasteiger partial charge on any atom is -0.497 e. The highest BCUT2D eigenvalue weighted by Gasteiger charge is 2.12. The topological polar surface area (TPSA) is 85.4 Å². The second-order valence-corrected chi connectivity index (χ2v) is 6.25. The Balaban J connectivity index is 1.78. The van der Waals surface area contributed by atoms with Crippen molar-refractivity contribution in [3.63, 3.8) is 0 Å². The summed E-state index contributed by atoms with van der Waals surface area (Å²) >= 11 is 6.15. The number of carbonyl (C=O) groups is 1. The van der Waals surface area contributed by atoms with Crippen LogP contribution in [0.1, 0.15) is 16.3 Å². The van der Waals surface area contributed by atoms with Crippen LogP contribution in [-0.4, -0.2) is 30.1 Å². The third-order valence-corrected chi connectivity index (χ3v) is 4.14. The summed E-state index contributed by atoms with van der Waals surface area (Å²) in [5, 5.41) is 6.39. The Morgan fingerprint density at radius 3 is 2.32 bits per heavy atom. The van der Waals surface area contributed by atoms with Gasteiger partial charge in [-0.05, 0) is 49.4 Å². The van der Waals surface area contributed by atoms with E-state index in [1.54, 1.807) is 69.7 Å². The lowest BCUT2D eigenvalue weighted by Gasteiger charge is -2.11. The quantitative estimate of drug-likeness (QED) is 0.638. The number of methoxy groups -OCH3 is 2. The molecule has 0 bridgehead atoms. The fourth-order valence-electron chi connectivity index (χ4n) is 2.51. The van der Waals surface area contributed by atoms with Crippen LogP contribution in [0.2, 0.25) is 5.02 Å². The summed E-state index contributed by atoms with van der Waals surface area (Å²) in [5.41, 5.74) is 1.59. The van der Waals surface area contributed by atoms with Crippen molar-refractivity contribution in [2.24, 2.45) is 0 Å². The Morgan fingerprint density at radius 1 is 0.964 bits per heavy atom. The van der Waals surface area contributed by atoms with Gasteiger partial charge in [0.1, 0.15) is 28.8 Å². The first kappa shape index (κ1) is 19.4. The number of amides is 1. The van der Waals surface area contributed by atoms with Crippen LogP contribution in [0, 0.1) is 6.92 Å². The number of rotatable bonds is 6. The fourth-order valence-corrected chi connectivity index (χ4v) is 2.77. The van der Waals surface area contributed by atoms with Gasteiger partial charge in [0.25, 0.3) is 5.91 Å². The number of carbonyl (C=O) groups excluding carboxylic acids is 1. The minimum atomic E-state index is -0.341. The number of halogens is 1. The van der Waals surface area contributed by atoms with Crippen molar-refractivity contribution in [1.82, 2.24) is 9.97 Å². The summed E-state index contributed by atoms with van der Waals surface area (Å²) < 4.78 is 10.3. The van der Waals surface area contributed by atoms with Gasteiger partial charge in [0, 0.05) is 17.4 Å². The van der Waals surface area contributed by atoms with Crippen LogP contribution in [0.15, 0.2) is 48.5 Å². The number of benzene rings is 2. The van der Waals surface area contributed by atoms with Gasteiger partial charge in [0.15, 0.2) is 0 Å². The summed E-state index contributed by atoms with van der Waals surface area (Å²) in [6.07, 6.45) is 0. The van der Waals surface area contributed by atoms with E-state index in [1.165, 1.54) is 0 Å². The highest BCUT2D eigenvalue weighted by Crippen LogP contribution is 2.28. The Labute approximate surface area is 167 Å². The standard InChI is InChI=1S/C20H19ClN4O3/c1-12-22-17(20(26)25-13-4-7-15(27-2)8-5-13)11-19(23-12)24-14-6-9-18(28-3)16(21)10-14/h4-11H,1-3H3,(H,25,26)(H,22,23,24). The van der Waals surface area contributed by atoms with E-state index in [0.717, 1.165) is 0 Å². The molecule has 7 nitrogen and oxygen atoms in total. The number of aromatic nitrogens is 2. The molecule has 0 fully saturated rings. The van der Waals surface area contributed by atoms with Gasteiger partial charge in [-0.15, -0.1) is 0 Å². The molecule has 3 rings (SSSR count). The summed E-state index contributed by atoms with van der Waals surface area (Å²) in [6, 6.07) is 13.9. The Kier molecular flexibility index (Phi) is 5.96. The average molecular weight is 399 g/mol. The van der Waals surface area contributed by atoms with Crippen LogP contribution >= 0.6 is 11.6 Å². The van der Waals surface area contributed by atoms with Crippen LogP contribution in [0.3, 0.4) is 0 Å². The van der Waals surface area contributed by atoms with Crippen molar-refractivity contribution in [3.05, 3.63) is 65.1 Å². The highest BCUT2D eigenvalue weighted by molar-refractivity contribution is 6.32. The molecule has 1 amide bonds. The number of anilines is 3. The van der Waals surface area contributed by atoms with Gasteiger partial charge < -0.3 is 20.1 Å². The monoisotopic (exact) mass is 398 g/mol. The van der Waals surface area contributed by atoms with E-state index in [4.69, 9.17) is 21.1 Å². The lowest BCUT2D eigenvalue weighted by molar-refractivity contribution is 0.102. The molecule has 0 aliphatic carbocycles. The molecule has 0 spiro atoms. The highest BCUT2D eigenvalue weighted by atomic mass is 35.5. The van der Waals surface area contributed by atoms with Gasteiger partial charge in [-0.1, -0.05) is 11.6 Å². The van der Waals surface area contributed by atoms with E-state index in [0.29, 0.717) is 39.5 Å². The zero-order valence-electron chi connectivity index (χ0n) is 15.6. The Bertz CT molecular complexity index is 993. The molecule has 144 valence electrons. The minimum absolute atomic E-state index is 0.241. The van der Waals surface area contributed by atoms with Crippen LogP contribution in [0.5, 0.6) is 11.5 Å². The number of nitrogens with zero attached hydrogens (tertiary/aromatic N) is 2. The largest absolute Gasteiger partial charge is 0.497 e. The van der Waals surface area contributed by atoms with Gasteiger partial charge >= 0.3 is 0 Å². The van der Waals surface area contributed by atoms with Crippen molar-refractivity contribution in [3.8, 4) is 11.5 Å². The molecule has 8 heteroatoms. The molecule has 0 unspecified atom stereocenters. The predicted molar refractivity (Wildman–Crippen MR) is 109 cm³/mol. The smallest absolute Gasteiger partial charge is 0.274 e. The summed E-state index contributed by atoms with van der Waals surface area (Å²) in [6.45, 7) is 1.72. The van der Waals surface area contributed by atoms with E-state index in [-0.39, 0.29) is 11.6 Å². The maximum atomic E-state index is 12.6. The molecule has 0 aliphatic heterocycles. The normalized spacial score (nSPS) is 10.3. The number of hydrogen-bond donors (Lipinski definition) is 2. The second-order valence-electron chi connectivity index (χ2n) is 5.84. The van der Waals surface area contributed by atoms with E-state index in [2.05, 4.69) is 20.6 Å². The number of nitrogens with one attached hydrogen (secondary N) is 2. The van der Waals surface area contributed by atoms with E-state index < -0.39 is 0 Å². The van der Waals surface area contributed by atoms with Crippen LogP contribution in [0.4, 0.5) is 17.2 Å². The summed E-state index contributed by atoms with van der Waals surface area (Å²) in [7, 11) is 3.14. The SMILES string of the molecule is COc1ccc(NC(=O)c2cc(Nc3ccc(OC)c(Cl)c3)nc(C)n2)cc1. The van der Waals surface area contributed by atoms with Crippen molar-refractivity contribution < 1.29 is 14.3 Å². The molecule has 2 N–H and O–H groups in total. The first-order valence-electron chi connectivity index (χ1n) is 8.40. The van der Waals surface area contributed by atoms with Gasteiger partial charge in [-0.3, -0.25) is 4.79 Å². The lowest BCUT2D eigenvalue weighted by atomic mass is 10.2. The van der Waals surface area contributed by atoms with Gasteiger partial charge in [0.05, 0.1) is 19.2 Å². The number of ether oxygens (including phenoxy) is 2. The van der Waals surface area contributed by atoms with Crippen molar-refractivity contribution in [2.45, 2.75) is 6.92 Å². The summed E-state index contributed by atoms with van der Waals surface area (Å²) in [4.78, 5) is 21.1. The van der Waals surface area contributed by atoms with Crippen LogP contribution in [-0.2, 0) is 0 Å². The van der Waals surface area contributed by atoms with Crippen molar-refractivity contribution in [2.75, 3.05) is 24.9 Å². The molecule has 2 aromatic carbocycles. The average Bonchev–Trinajstić information content (AvgIpc) is 2.68. The molecule has 1 aromatic heterocycles. The molecule has 28 heavy (non-hydrogen) atoms. The lowest BCUT2D eigenvalue weighted by Crippen LogP contribution is -2.15. The first-order valence-corrected chi connectivity index (χ1v) is 8.78. The third-order valence-electron chi connectivity index (χ3n) is 3.84. The molecular weight excluding hydrogens is 380 g/mol. The zero-order valence-corrected chi connectivity index (χ0v) is 16.4. The number of hydrogen-bond acceptors (Lipinski definition) is 6. The molecule has 0 atom stereocenters. The van der Waals surface area contributed by atoms with Gasteiger partial charge in [-0.2, -0.15) is 0 Å². The van der Waals surface area contributed by atoms with E-state index >= 15 is 0 Å². The number of aryl methyl sites for hydroxylation is 1. The summed E-state index contributed by atoms with van der Waals surface area (Å²) in [5.74, 6) is 1.88. The van der Waals surface area contributed by atoms with Crippen LogP contribution in [0.25, 0.3) is 0 Å². The zero-order chi connectivity index (χ0) is 20.1. The molecule has 0 aliphatic rings. The molecule has 1 heterocycles. The Morgan fingerprint density at radius 2 is 1.68 bits per heavy atom. The molecule has 0 saturated carbocycles. The first-order chi connectivity index (χ1) is 13.5. The fraction of sp³-hybridized carbons (Fsp3) is 0.150. The maximum absolute atomic E-state index is 12.6. The molecule has 0 radical (unpaired) electrons. The van der Waals surface area contributed by atoms with E-state index in [1.807, 2.05) is 0 Å². The molecule has 3 aromatic rings. The maximum Gasteiger partial charge on any atom is 0.274 e. The molecule has 0 saturated heterocycles. The molecular formula is C20H19ClN4O3. The van der Waals surface area contributed by atoms with Crippen molar-refractivity contribution >= 4 is 34.7 Å². The van der Waals surface area contributed by atoms with E-state index in [9.17, 15) is 4.79 Å². The predicted octanol–water partition coefficient (Wildman–Crippen LogP) is 4.45. The van der Waals surface area contributed by atoms with Gasteiger partial charge in [0.2, 0.25) is 0 Å². The third kappa shape index (κ3) is 4.69. The van der Waals surface area contributed by atoms with Crippen LogP contribution < -0.4 is 20.1 Å². The Hall–Kier alpha value is -3.32. The second kappa shape index (κ2) is 8.58. The van der Waals surface area contributed by atoms with Gasteiger partial charge in [-0.25, -0.2) is 9.97 Å².